The number of esters is 1. The standard InChI is InChI=1S/C34H38N6O3/c1-4-43-34(41)30-21-29(25-8-10-26(11-9-25)38-14-12-24(22-35)13-15-38)31-32(23(2)3)37-40(33(31)36-30)28-7-5-6-27(20-28)39-16-18-42-19-17-39/h5-11,20-21,23-24H,4,12-19H2,1-3H3. The molecule has 6 rings (SSSR count). The number of benzene rings is 2. The van der Waals surface area contributed by atoms with E-state index in [2.05, 4.69) is 66.1 Å². The molecule has 9 nitrogen and oxygen atoms in total. The van der Waals surface area contributed by atoms with Gasteiger partial charge in [-0.05, 0) is 73.2 Å². The Morgan fingerprint density at radius 1 is 1.00 bits per heavy atom. The summed E-state index contributed by atoms with van der Waals surface area (Å²) in [4.78, 5) is 22.6. The summed E-state index contributed by atoms with van der Waals surface area (Å²) in [5.41, 5.74) is 6.82. The average molecular weight is 579 g/mol. The van der Waals surface area contributed by atoms with Gasteiger partial charge in [-0.25, -0.2) is 14.5 Å². The summed E-state index contributed by atoms with van der Waals surface area (Å²) in [6, 6.07) is 21.0. The van der Waals surface area contributed by atoms with E-state index in [9.17, 15) is 10.1 Å². The van der Waals surface area contributed by atoms with Gasteiger partial charge >= 0.3 is 5.97 Å². The quantitative estimate of drug-likeness (QED) is 0.248. The van der Waals surface area contributed by atoms with Gasteiger partial charge < -0.3 is 19.3 Å². The van der Waals surface area contributed by atoms with E-state index in [-0.39, 0.29) is 24.1 Å². The first kappa shape index (κ1) is 28.7. The Morgan fingerprint density at radius 3 is 2.37 bits per heavy atom. The second kappa shape index (κ2) is 12.4. The maximum absolute atomic E-state index is 13.1. The fourth-order valence-corrected chi connectivity index (χ4v) is 6.03. The van der Waals surface area contributed by atoms with Crippen molar-refractivity contribution in [2.45, 2.75) is 39.5 Å². The number of rotatable bonds is 7. The Bertz CT molecular complexity index is 1640. The van der Waals surface area contributed by atoms with Gasteiger partial charge in [0.2, 0.25) is 0 Å². The normalized spacial score (nSPS) is 16.1. The summed E-state index contributed by atoms with van der Waals surface area (Å²) in [5.74, 6) is -0.188. The fraction of sp³-hybridized carbons (Fsp3) is 0.412. The van der Waals surface area contributed by atoms with Crippen molar-refractivity contribution in [3.05, 3.63) is 66.0 Å². The van der Waals surface area contributed by atoms with E-state index < -0.39 is 5.97 Å². The summed E-state index contributed by atoms with van der Waals surface area (Å²) in [7, 11) is 0. The van der Waals surface area contributed by atoms with Gasteiger partial charge in [0, 0.05) is 43.5 Å². The molecule has 0 atom stereocenters. The van der Waals surface area contributed by atoms with E-state index in [1.165, 1.54) is 0 Å². The molecule has 0 unspecified atom stereocenters. The molecule has 222 valence electrons. The molecule has 0 amide bonds. The number of aromatic nitrogens is 3. The largest absolute Gasteiger partial charge is 0.461 e. The molecule has 0 radical (unpaired) electrons. The highest BCUT2D eigenvalue weighted by Crippen LogP contribution is 2.37. The van der Waals surface area contributed by atoms with E-state index in [1.807, 2.05) is 22.9 Å². The lowest BCUT2D eigenvalue weighted by Crippen LogP contribution is -2.36. The van der Waals surface area contributed by atoms with Crippen molar-refractivity contribution >= 4 is 28.4 Å². The van der Waals surface area contributed by atoms with E-state index in [4.69, 9.17) is 19.6 Å². The van der Waals surface area contributed by atoms with E-state index in [0.717, 1.165) is 78.3 Å². The van der Waals surface area contributed by atoms with E-state index in [0.29, 0.717) is 18.9 Å². The molecule has 4 heterocycles. The third-order valence-corrected chi connectivity index (χ3v) is 8.37. The predicted molar refractivity (Wildman–Crippen MR) is 168 cm³/mol. The second-order valence-corrected chi connectivity index (χ2v) is 11.5. The summed E-state index contributed by atoms with van der Waals surface area (Å²) in [6.45, 7) is 11.2. The first-order valence-corrected chi connectivity index (χ1v) is 15.3. The van der Waals surface area contributed by atoms with Crippen molar-refractivity contribution in [3.8, 4) is 22.9 Å². The van der Waals surface area contributed by atoms with Crippen molar-refractivity contribution in [2.75, 3.05) is 55.8 Å². The van der Waals surface area contributed by atoms with Gasteiger partial charge in [0.1, 0.15) is 0 Å². The van der Waals surface area contributed by atoms with Crippen LogP contribution in [-0.2, 0) is 9.47 Å². The van der Waals surface area contributed by atoms with Crippen LogP contribution < -0.4 is 9.80 Å². The van der Waals surface area contributed by atoms with E-state index >= 15 is 0 Å². The van der Waals surface area contributed by atoms with Crippen LogP contribution in [0.1, 0.15) is 55.7 Å². The SMILES string of the molecule is CCOC(=O)c1cc(-c2ccc(N3CCC(C#N)CC3)cc2)c2c(C(C)C)nn(-c3cccc(N4CCOCC4)c3)c2n1. The molecule has 2 aromatic heterocycles. The Morgan fingerprint density at radius 2 is 1.70 bits per heavy atom. The van der Waals surface area contributed by atoms with Crippen LogP contribution in [0.2, 0.25) is 0 Å². The number of morpholine rings is 1. The summed E-state index contributed by atoms with van der Waals surface area (Å²) in [5, 5.41) is 15.3. The van der Waals surface area contributed by atoms with Crippen LogP contribution in [-0.4, -0.2) is 66.7 Å². The van der Waals surface area contributed by atoms with Crippen molar-refractivity contribution in [2.24, 2.45) is 5.92 Å². The molecule has 4 aromatic rings. The number of anilines is 2. The maximum atomic E-state index is 13.1. The second-order valence-electron chi connectivity index (χ2n) is 11.5. The molecular weight excluding hydrogens is 540 g/mol. The van der Waals surface area contributed by atoms with Crippen molar-refractivity contribution in [3.63, 3.8) is 0 Å². The van der Waals surface area contributed by atoms with Crippen LogP contribution in [0.4, 0.5) is 11.4 Å². The van der Waals surface area contributed by atoms with Gasteiger partial charge in [0.15, 0.2) is 11.3 Å². The van der Waals surface area contributed by atoms with Crippen molar-refractivity contribution in [1.29, 1.82) is 5.26 Å². The van der Waals surface area contributed by atoms with Crippen molar-refractivity contribution in [1.82, 2.24) is 14.8 Å². The zero-order valence-corrected chi connectivity index (χ0v) is 25.1. The first-order chi connectivity index (χ1) is 21.0. The van der Waals surface area contributed by atoms with Crippen LogP contribution >= 0.6 is 0 Å². The van der Waals surface area contributed by atoms with Gasteiger partial charge in [-0.1, -0.05) is 32.0 Å². The molecule has 0 spiro atoms. The third kappa shape index (κ3) is 5.80. The Kier molecular flexibility index (Phi) is 8.30. The molecule has 2 saturated heterocycles. The Labute approximate surface area is 252 Å². The predicted octanol–water partition coefficient (Wildman–Crippen LogP) is 5.96. The van der Waals surface area contributed by atoms with Gasteiger partial charge in [-0.15, -0.1) is 0 Å². The zero-order chi connectivity index (χ0) is 29.9. The fourth-order valence-electron chi connectivity index (χ4n) is 6.03. The zero-order valence-electron chi connectivity index (χ0n) is 25.1. The number of pyridine rings is 1. The number of carbonyl (C=O) groups is 1. The van der Waals surface area contributed by atoms with Gasteiger partial charge in [0.25, 0.3) is 0 Å². The Balaban J connectivity index is 1.47. The summed E-state index contributed by atoms with van der Waals surface area (Å²) in [6.07, 6.45) is 1.77. The number of hydrogen-bond donors (Lipinski definition) is 0. The highest BCUT2D eigenvalue weighted by Gasteiger charge is 2.25. The first-order valence-electron chi connectivity index (χ1n) is 15.3. The van der Waals surface area contributed by atoms with Crippen LogP contribution in [0, 0.1) is 17.2 Å². The molecule has 9 heteroatoms. The van der Waals surface area contributed by atoms with E-state index in [1.54, 1.807) is 6.92 Å². The van der Waals surface area contributed by atoms with Crippen LogP contribution in [0.5, 0.6) is 0 Å². The highest BCUT2D eigenvalue weighted by atomic mass is 16.5. The minimum Gasteiger partial charge on any atom is -0.461 e. The van der Waals surface area contributed by atoms with Gasteiger partial charge in [0.05, 0.1) is 42.7 Å². The number of nitrogens with zero attached hydrogens (tertiary/aromatic N) is 6. The lowest BCUT2D eigenvalue weighted by Gasteiger charge is -2.31. The monoisotopic (exact) mass is 578 g/mol. The molecule has 0 saturated carbocycles. The molecule has 0 bridgehead atoms. The third-order valence-electron chi connectivity index (χ3n) is 8.37. The number of carbonyl (C=O) groups excluding carboxylic acids is 1. The smallest absolute Gasteiger partial charge is 0.357 e. The summed E-state index contributed by atoms with van der Waals surface area (Å²) < 4.78 is 12.8. The van der Waals surface area contributed by atoms with Crippen LogP contribution in [0.3, 0.4) is 0 Å². The molecule has 2 aliphatic rings. The lowest BCUT2D eigenvalue weighted by atomic mass is 9.96. The Hall–Kier alpha value is -4.42. The van der Waals surface area contributed by atoms with Crippen molar-refractivity contribution < 1.29 is 14.3 Å². The number of hydrogen-bond acceptors (Lipinski definition) is 8. The maximum Gasteiger partial charge on any atom is 0.357 e. The number of fused-ring (bicyclic) bond motifs is 1. The lowest BCUT2D eigenvalue weighted by molar-refractivity contribution is 0.0520. The van der Waals surface area contributed by atoms with Crippen LogP contribution in [0.15, 0.2) is 54.6 Å². The number of ether oxygens (including phenoxy) is 2. The molecular formula is C34H38N6O3. The highest BCUT2D eigenvalue weighted by molar-refractivity contribution is 6.00. The molecule has 0 aliphatic carbocycles. The molecule has 2 aliphatic heterocycles. The minimum absolute atomic E-state index is 0.126. The average Bonchev–Trinajstić information content (AvgIpc) is 3.45. The summed E-state index contributed by atoms with van der Waals surface area (Å²) >= 11 is 0. The minimum atomic E-state index is -0.455. The van der Waals surface area contributed by atoms with Crippen LogP contribution in [0.25, 0.3) is 27.8 Å². The topological polar surface area (TPSA) is 96.5 Å². The molecule has 43 heavy (non-hydrogen) atoms. The molecule has 0 N–H and O–H groups in total. The number of nitriles is 1. The van der Waals surface area contributed by atoms with Gasteiger partial charge in [-0.2, -0.15) is 10.4 Å². The molecule has 2 aromatic carbocycles. The molecule has 2 fully saturated rings. The number of piperidine rings is 1. The van der Waals surface area contributed by atoms with Gasteiger partial charge in [-0.3, -0.25) is 0 Å².